The zero-order valence-electron chi connectivity index (χ0n) is 22.7. The van der Waals surface area contributed by atoms with Crippen molar-refractivity contribution in [1.29, 1.82) is 0 Å². The first-order chi connectivity index (χ1) is 18.3. The fourth-order valence-electron chi connectivity index (χ4n) is 4.47. The first-order valence-corrected chi connectivity index (χ1v) is 13.0. The number of amides is 2. The minimum atomic E-state index is -4.49. The number of carbonyl (C=O) groups is 2. The lowest BCUT2D eigenvalue weighted by Gasteiger charge is -2.30. The van der Waals surface area contributed by atoms with Crippen molar-refractivity contribution in [1.82, 2.24) is 10.2 Å². The predicted octanol–water partition coefficient (Wildman–Crippen LogP) is 4.54. The second-order valence-electron chi connectivity index (χ2n) is 10.4. The third-order valence-electron chi connectivity index (χ3n) is 6.37. The van der Waals surface area contributed by atoms with Crippen molar-refractivity contribution >= 4 is 18.2 Å². The number of nitrogens with two attached hydrogens (primary N) is 1. The van der Waals surface area contributed by atoms with E-state index in [1.807, 2.05) is 6.92 Å². The van der Waals surface area contributed by atoms with Crippen LogP contribution in [0.2, 0.25) is 0 Å². The number of benzene rings is 1. The van der Waals surface area contributed by atoms with Gasteiger partial charge in [0.1, 0.15) is 17.3 Å². The van der Waals surface area contributed by atoms with Gasteiger partial charge in [-0.25, -0.2) is 0 Å². The van der Waals surface area contributed by atoms with Crippen LogP contribution in [0.1, 0.15) is 64.9 Å². The van der Waals surface area contributed by atoms with Crippen LogP contribution in [0.25, 0.3) is 0 Å². The first-order valence-electron chi connectivity index (χ1n) is 13.0. The summed E-state index contributed by atoms with van der Waals surface area (Å²) >= 11 is 0. The van der Waals surface area contributed by atoms with Crippen LogP contribution in [-0.4, -0.2) is 52.9 Å². The monoisotopic (exact) mass is 552 g/mol. The topological polar surface area (TPSA) is 117 Å². The molecule has 1 aliphatic carbocycles. The van der Waals surface area contributed by atoms with E-state index in [1.165, 1.54) is 68.7 Å². The van der Waals surface area contributed by atoms with Crippen LogP contribution in [0.4, 0.5) is 13.2 Å². The summed E-state index contributed by atoms with van der Waals surface area (Å²) in [7, 11) is 0. The molecule has 1 heterocycles. The molecule has 4 N–H and O–H groups in total. The fraction of sp³-hybridized carbons (Fsp3) is 0.536. The third kappa shape index (κ3) is 11.5. The summed E-state index contributed by atoms with van der Waals surface area (Å²) in [5.74, 6) is 0.566. The predicted molar refractivity (Wildman–Crippen MR) is 144 cm³/mol. The molecule has 0 radical (unpaired) electrons. The molecule has 216 valence electrons. The molecule has 3 rings (SSSR count). The lowest BCUT2D eigenvalue weighted by Crippen LogP contribution is -2.37. The Bertz CT molecular complexity index is 1040. The van der Waals surface area contributed by atoms with Gasteiger partial charge in [0.05, 0.1) is 17.7 Å². The minimum Gasteiger partial charge on any atom is -0.459 e. The van der Waals surface area contributed by atoms with Gasteiger partial charge in [-0.2, -0.15) is 18.2 Å². The van der Waals surface area contributed by atoms with E-state index in [4.69, 9.17) is 10.5 Å². The van der Waals surface area contributed by atoms with Crippen molar-refractivity contribution < 1.29 is 32.6 Å². The zero-order valence-corrected chi connectivity index (χ0v) is 22.7. The number of rotatable bonds is 10. The van der Waals surface area contributed by atoms with Crippen molar-refractivity contribution in [2.24, 2.45) is 16.6 Å². The number of halogens is 3. The van der Waals surface area contributed by atoms with Crippen molar-refractivity contribution in [2.75, 3.05) is 13.1 Å². The Morgan fingerprint density at radius 2 is 1.92 bits per heavy atom. The summed E-state index contributed by atoms with van der Waals surface area (Å²) in [5, 5.41) is 12.1. The summed E-state index contributed by atoms with van der Waals surface area (Å²) < 4.78 is 44.7. The second kappa shape index (κ2) is 14.7. The Labute approximate surface area is 227 Å². The van der Waals surface area contributed by atoms with Crippen LogP contribution in [0.5, 0.6) is 5.75 Å². The van der Waals surface area contributed by atoms with Crippen molar-refractivity contribution in [3.8, 4) is 5.75 Å². The van der Waals surface area contributed by atoms with Crippen LogP contribution in [0.15, 0.2) is 53.4 Å². The van der Waals surface area contributed by atoms with Gasteiger partial charge in [-0.05, 0) is 51.3 Å². The molecule has 0 spiro atoms. The van der Waals surface area contributed by atoms with E-state index in [0.717, 1.165) is 12.5 Å². The summed E-state index contributed by atoms with van der Waals surface area (Å²) in [4.78, 5) is 27.1. The standard InChI is InChI=1S/C20H24F3NO2.C8H15N3O2/c1-14(11-15-7-3-2-4-8-15)24-13-16(12-19(24)25)26-18-10-6-5-9-17(18)20(21,22)23;1-8(2,13)5-10-4-3-7(9)11-6-12/h5-6,9-10,12,14-15H,2-4,7-8,11,13H2,1H3;3-4,6,10,13H,5H2,1-2H3,(H2,9,11,12)/b;4-3-. The number of para-hydroxylation sites is 1. The Kier molecular flexibility index (Phi) is 12.0. The highest BCUT2D eigenvalue weighted by molar-refractivity contribution is 5.95. The summed E-state index contributed by atoms with van der Waals surface area (Å²) in [6.45, 7) is 5.98. The number of hydrogen-bond donors (Lipinski definition) is 3. The van der Waals surface area contributed by atoms with Gasteiger partial charge in [0.2, 0.25) is 6.41 Å². The quantitative estimate of drug-likeness (QED) is 0.223. The molecule has 2 amide bonds. The van der Waals surface area contributed by atoms with Gasteiger partial charge in [-0.1, -0.05) is 44.2 Å². The number of alkyl halides is 3. The molecule has 11 heteroatoms. The van der Waals surface area contributed by atoms with E-state index >= 15 is 0 Å². The van der Waals surface area contributed by atoms with Crippen molar-refractivity contribution in [2.45, 2.75) is 77.1 Å². The largest absolute Gasteiger partial charge is 0.459 e. The van der Waals surface area contributed by atoms with E-state index < -0.39 is 17.3 Å². The average molecular weight is 553 g/mol. The van der Waals surface area contributed by atoms with Gasteiger partial charge in [-0.15, -0.1) is 0 Å². The number of nitrogens with zero attached hydrogens (tertiary/aromatic N) is 2. The number of hydrogen-bond acceptors (Lipinski definition) is 5. The van der Waals surface area contributed by atoms with Crippen molar-refractivity contribution in [3.63, 3.8) is 0 Å². The molecular weight excluding hydrogens is 513 g/mol. The maximum absolute atomic E-state index is 13.1. The smallest absolute Gasteiger partial charge is 0.419 e. The molecule has 8 nitrogen and oxygen atoms in total. The number of aliphatic hydroxyl groups is 1. The van der Waals surface area contributed by atoms with Crippen LogP contribution in [-0.2, 0) is 15.8 Å². The number of nitrogens with one attached hydrogen (secondary N) is 1. The molecule has 0 saturated heterocycles. The average Bonchev–Trinajstić information content (AvgIpc) is 3.22. The first kappa shape index (κ1) is 31.9. The molecular formula is C28H39F3N4O4. The van der Waals surface area contributed by atoms with Gasteiger partial charge in [-0.3, -0.25) is 9.59 Å². The van der Waals surface area contributed by atoms with Crippen LogP contribution in [0.3, 0.4) is 0 Å². The van der Waals surface area contributed by atoms with Gasteiger partial charge >= 0.3 is 6.18 Å². The second-order valence-corrected chi connectivity index (χ2v) is 10.4. The fourth-order valence-corrected chi connectivity index (χ4v) is 4.47. The molecule has 1 atom stereocenters. The molecule has 1 aromatic carbocycles. The van der Waals surface area contributed by atoms with E-state index in [0.29, 0.717) is 18.9 Å². The van der Waals surface area contributed by atoms with Gasteiger partial charge in [0.25, 0.3) is 5.91 Å². The van der Waals surface area contributed by atoms with Gasteiger partial charge in [0, 0.05) is 24.9 Å². The van der Waals surface area contributed by atoms with E-state index in [1.54, 1.807) is 18.7 Å². The molecule has 0 bridgehead atoms. The van der Waals surface area contributed by atoms with E-state index in [2.05, 4.69) is 10.3 Å². The normalized spacial score (nSPS) is 17.9. The zero-order chi connectivity index (χ0) is 29.1. The maximum atomic E-state index is 13.1. The Balaban J connectivity index is 0.000000349. The highest BCUT2D eigenvalue weighted by Gasteiger charge is 2.35. The highest BCUT2D eigenvalue weighted by atomic mass is 19.4. The maximum Gasteiger partial charge on any atom is 0.419 e. The highest BCUT2D eigenvalue weighted by Crippen LogP contribution is 2.37. The Hall–Kier alpha value is -3.34. The molecule has 1 saturated carbocycles. The van der Waals surface area contributed by atoms with Gasteiger partial charge in [0.15, 0.2) is 0 Å². The van der Waals surface area contributed by atoms with E-state index in [9.17, 15) is 27.9 Å². The number of aliphatic imine (C=N–C) groups is 1. The number of ether oxygens (including phenoxy) is 1. The molecule has 39 heavy (non-hydrogen) atoms. The Morgan fingerprint density at radius 3 is 2.54 bits per heavy atom. The van der Waals surface area contributed by atoms with Gasteiger partial charge < -0.3 is 25.8 Å². The molecule has 1 fully saturated rings. The molecule has 0 aromatic heterocycles. The molecule has 1 unspecified atom stereocenters. The number of carbonyl (C=O) groups excluding carboxylic acids is 2. The molecule has 1 aliphatic heterocycles. The van der Waals surface area contributed by atoms with Crippen LogP contribution < -0.4 is 15.8 Å². The minimum absolute atomic E-state index is 0.0563. The summed E-state index contributed by atoms with van der Waals surface area (Å²) in [5.41, 5.74) is 3.66. The lowest BCUT2D eigenvalue weighted by atomic mass is 9.85. The number of amidine groups is 1. The van der Waals surface area contributed by atoms with Crippen LogP contribution in [0, 0.1) is 5.92 Å². The summed E-state index contributed by atoms with van der Waals surface area (Å²) in [6.07, 6.45) is 7.26. The van der Waals surface area contributed by atoms with Crippen molar-refractivity contribution in [3.05, 3.63) is 53.9 Å². The SMILES string of the molecule is CC(C)(O)CN/C=C\C(N)=NC=O.CC(CC1CCCCC1)N1CC(Oc2ccccc2C(F)(F)F)=CC1=O. The lowest BCUT2D eigenvalue weighted by molar-refractivity contribution is -0.138. The van der Waals surface area contributed by atoms with Crippen LogP contribution >= 0.6 is 0 Å². The van der Waals surface area contributed by atoms with E-state index in [-0.39, 0.29) is 35.8 Å². The molecule has 1 aromatic rings. The molecule has 2 aliphatic rings. The summed E-state index contributed by atoms with van der Waals surface area (Å²) in [6, 6.07) is 5.13. The Morgan fingerprint density at radius 1 is 1.26 bits per heavy atom. The third-order valence-corrected chi connectivity index (χ3v) is 6.37.